The fourth-order valence-corrected chi connectivity index (χ4v) is 0.355. The fraction of sp³-hybridized carbons (Fsp3) is 0.857. The van der Waals surface area contributed by atoms with E-state index in [-0.39, 0.29) is 19.2 Å². The van der Waals surface area contributed by atoms with Crippen molar-refractivity contribution in [3.63, 3.8) is 0 Å². The van der Waals surface area contributed by atoms with Crippen molar-refractivity contribution < 1.29 is 14.6 Å². The summed E-state index contributed by atoms with van der Waals surface area (Å²) in [6.07, 6.45) is 0. The highest BCUT2D eigenvalue weighted by Crippen LogP contribution is 2.14. The van der Waals surface area contributed by atoms with Gasteiger partial charge in [0.1, 0.15) is 6.61 Å². The number of rotatable bonds is 2. The molecule has 0 spiro atoms. The zero-order valence-electron chi connectivity index (χ0n) is 6.68. The molecule has 0 saturated carbocycles. The van der Waals surface area contributed by atoms with Gasteiger partial charge < -0.3 is 9.84 Å². The van der Waals surface area contributed by atoms with Crippen LogP contribution in [0.4, 0.5) is 0 Å². The first-order valence-corrected chi connectivity index (χ1v) is 3.26. The third kappa shape index (κ3) is 3.45. The van der Waals surface area contributed by atoms with E-state index in [1.165, 1.54) is 0 Å². The number of esters is 1. The van der Waals surface area contributed by atoms with Crippen molar-refractivity contribution in [2.24, 2.45) is 5.41 Å². The molecular weight excluding hydrogens is 132 g/mol. The lowest BCUT2D eigenvalue weighted by atomic mass is 9.97. The van der Waals surface area contributed by atoms with Crippen molar-refractivity contribution in [3.8, 4) is 0 Å². The number of hydrogen-bond acceptors (Lipinski definition) is 3. The normalized spacial score (nSPS) is 11.2. The quantitative estimate of drug-likeness (QED) is 0.579. The molecule has 0 atom stereocenters. The van der Waals surface area contributed by atoms with Crippen LogP contribution in [0.25, 0.3) is 0 Å². The summed E-state index contributed by atoms with van der Waals surface area (Å²) in [6, 6.07) is 0. The van der Waals surface area contributed by atoms with Crippen LogP contribution in [0.15, 0.2) is 0 Å². The highest BCUT2D eigenvalue weighted by Gasteiger charge is 2.22. The zero-order chi connectivity index (χ0) is 8.20. The molecule has 60 valence electrons. The molecular formula is C7H14O3. The molecule has 10 heavy (non-hydrogen) atoms. The molecule has 0 fully saturated rings. The minimum Gasteiger partial charge on any atom is -0.463 e. The van der Waals surface area contributed by atoms with Gasteiger partial charge in [-0.25, -0.2) is 0 Å². The molecule has 0 saturated heterocycles. The Morgan fingerprint density at radius 1 is 1.50 bits per heavy atom. The SMILES string of the molecule is CC(C)(C)C(=O)OCCO. The van der Waals surface area contributed by atoms with Gasteiger partial charge in [-0.3, -0.25) is 4.79 Å². The molecule has 0 aliphatic carbocycles. The largest absolute Gasteiger partial charge is 0.463 e. The first kappa shape index (κ1) is 9.43. The molecule has 0 aliphatic heterocycles. The van der Waals surface area contributed by atoms with Gasteiger partial charge in [0.25, 0.3) is 0 Å². The monoisotopic (exact) mass is 146 g/mol. The summed E-state index contributed by atoms with van der Waals surface area (Å²) in [7, 11) is 0. The van der Waals surface area contributed by atoms with Crippen LogP contribution in [-0.2, 0) is 9.53 Å². The summed E-state index contributed by atoms with van der Waals surface area (Å²) in [4.78, 5) is 10.9. The van der Waals surface area contributed by atoms with Crippen molar-refractivity contribution in [2.75, 3.05) is 13.2 Å². The molecule has 0 aromatic rings. The second-order valence-electron chi connectivity index (χ2n) is 3.11. The van der Waals surface area contributed by atoms with E-state index in [1.807, 2.05) is 0 Å². The van der Waals surface area contributed by atoms with E-state index in [2.05, 4.69) is 4.74 Å². The van der Waals surface area contributed by atoms with E-state index in [9.17, 15) is 4.79 Å². The Morgan fingerprint density at radius 2 is 2.00 bits per heavy atom. The van der Waals surface area contributed by atoms with Gasteiger partial charge in [0.15, 0.2) is 0 Å². The van der Waals surface area contributed by atoms with Gasteiger partial charge in [-0.2, -0.15) is 0 Å². The first-order chi connectivity index (χ1) is 4.48. The summed E-state index contributed by atoms with van der Waals surface area (Å²) in [6.45, 7) is 5.30. The molecule has 3 heteroatoms. The zero-order valence-corrected chi connectivity index (χ0v) is 6.68. The lowest BCUT2D eigenvalue weighted by molar-refractivity contribution is -0.153. The molecule has 0 heterocycles. The second-order valence-corrected chi connectivity index (χ2v) is 3.11. The van der Waals surface area contributed by atoms with Crippen molar-refractivity contribution >= 4 is 5.97 Å². The van der Waals surface area contributed by atoms with Crippen LogP contribution in [0.1, 0.15) is 20.8 Å². The Morgan fingerprint density at radius 3 is 2.30 bits per heavy atom. The van der Waals surface area contributed by atoms with E-state index in [1.54, 1.807) is 20.8 Å². The minimum atomic E-state index is -0.463. The van der Waals surface area contributed by atoms with Crippen LogP contribution >= 0.6 is 0 Å². The molecule has 1 N–H and O–H groups in total. The maximum absolute atomic E-state index is 10.9. The van der Waals surface area contributed by atoms with Gasteiger partial charge in [0.05, 0.1) is 12.0 Å². The van der Waals surface area contributed by atoms with Gasteiger partial charge in [-0.05, 0) is 20.8 Å². The van der Waals surface area contributed by atoms with Crippen molar-refractivity contribution in [1.82, 2.24) is 0 Å². The highest BCUT2D eigenvalue weighted by atomic mass is 16.5. The topological polar surface area (TPSA) is 46.5 Å². The van der Waals surface area contributed by atoms with E-state index >= 15 is 0 Å². The molecule has 3 nitrogen and oxygen atoms in total. The van der Waals surface area contributed by atoms with E-state index in [0.717, 1.165) is 0 Å². The third-order valence-corrected chi connectivity index (χ3v) is 0.937. The summed E-state index contributed by atoms with van der Waals surface area (Å²) in [5.74, 6) is -0.276. The lowest BCUT2D eigenvalue weighted by Crippen LogP contribution is -2.24. The van der Waals surface area contributed by atoms with Gasteiger partial charge in [0.2, 0.25) is 0 Å². The third-order valence-electron chi connectivity index (χ3n) is 0.937. The van der Waals surface area contributed by atoms with Crippen molar-refractivity contribution in [1.29, 1.82) is 0 Å². The molecule has 0 unspecified atom stereocenters. The Balaban J connectivity index is 3.64. The molecule has 0 aromatic heterocycles. The van der Waals surface area contributed by atoms with Gasteiger partial charge >= 0.3 is 5.97 Å². The van der Waals surface area contributed by atoms with Crippen molar-refractivity contribution in [3.05, 3.63) is 0 Å². The van der Waals surface area contributed by atoms with Gasteiger partial charge in [-0.15, -0.1) is 0 Å². The van der Waals surface area contributed by atoms with Gasteiger partial charge in [-0.1, -0.05) is 0 Å². The number of carbonyl (C=O) groups is 1. The Hall–Kier alpha value is -0.570. The molecule has 0 aliphatic rings. The Bertz CT molecular complexity index is 113. The average molecular weight is 146 g/mol. The van der Waals surface area contributed by atoms with Crippen LogP contribution in [0, 0.1) is 5.41 Å². The number of hydrogen-bond donors (Lipinski definition) is 1. The second kappa shape index (κ2) is 3.56. The molecule has 0 rings (SSSR count). The van der Waals surface area contributed by atoms with Gasteiger partial charge in [0, 0.05) is 0 Å². The molecule has 0 radical (unpaired) electrons. The summed E-state index contributed by atoms with van der Waals surface area (Å²) in [5, 5.41) is 8.30. The Labute approximate surface area is 61.0 Å². The summed E-state index contributed by atoms with van der Waals surface area (Å²) in [5.41, 5.74) is -0.463. The van der Waals surface area contributed by atoms with E-state index in [0.29, 0.717) is 0 Å². The number of aliphatic hydroxyl groups excluding tert-OH is 1. The molecule has 0 aromatic carbocycles. The first-order valence-electron chi connectivity index (χ1n) is 3.26. The maximum atomic E-state index is 10.9. The average Bonchev–Trinajstić information content (AvgIpc) is 1.80. The predicted molar refractivity (Wildman–Crippen MR) is 37.5 cm³/mol. The fourth-order valence-electron chi connectivity index (χ4n) is 0.355. The molecule has 0 bridgehead atoms. The number of aliphatic hydroxyl groups is 1. The summed E-state index contributed by atoms with van der Waals surface area (Å²) >= 11 is 0. The van der Waals surface area contributed by atoms with Crippen LogP contribution in [0.5, 0.6) is 0 Å². The van der Waals surface area contributed by atoms with Crippen LogP contribution in [0.3, 0.4) is 0 Å². The standard InChI is InChI=1S/C7H14O3/c1-7(2,3)6(9)10-5-4-8/h8H,4-5H2,1-3H3. The van der Waals surface area contributed by atoms with Crippen LogP contribution in [0.2, 0.25) is 0 Å². The predicted octanol–water partition coefficient (Wildman–Crippen LogP) is 0.568. The number of carbonyl (C=O) groups excluding carboxylic acids is 1. The van der Waals surface area contributed by atoms with E-state index in [4.69, 9.17) is 5.11 Å². The molecule has 0 amide bonds. The van der Waals surface area contributed by atoms with E-state index < -0.39 is 5.41 Å². The van der Waals surface area contributed by atoms with Crippen molar-refractivity contribution in [2.45, 2.75) is 20.8 Å². The summed E-state index contributed by atoms with van der Waals surface area (Å²) < 4.78 is 4.67. The van der Waals surface area contributed by atoms with Crippen LogP contribution in [-0.4, -0.2) is 24.3 Å². The minimum absolute atomic E-state index is 0.0934. The van der Waals surface area contributed by atoms with Crippen LogP contribution < -0.4 is 0 Å². The lowest BCUT2D eigenvalue weighted by Gasteiger charge is -2.15. The number of ether oxygens (including phenoxy) is 1. The smallest absolute Gasteiger partial charge is 0.311 e. The Kier molecular flexibility index (Phi) is 3.36. The maximum Gasteiger partial charge on any atom is 0.311 e. The highest BCUT2D eigenvalue weighted by molar-refractivity contribution is 5.75.